The Balaban J connectivity index is 3.49. The smallest absolute Gasteiger partial charge is 0.218 e. The first-order valence-corrected chi connectivity index (χ1v) is 3.43. The maximum absolute atomic E-state index is 12.6. The van der Waals surface area contributed by atoms with Crippen LogP contribution in [0.25, 0.3) is 0 Å². The van der Waals surface area contributed by atoms with Crippen molar-refractivity contribution in [2.45, 2.75) is 0 Å². The van der Waals surface area contributed by atoms with Gasteiger partial charge in [0, 0.05) is 19.3 Å². The van der Waals surface area contributed by atoms with Crippen molar-refractivity contribution >= 4 is 15.9 Å². The van der Waals surface area contributed by atoms with Gasteiger partial charge in [-0.3, -0.25) is 4.79 Å². The van der Waals surface area contributed by atoms with E-state index in [4.69, 9.17) is 0 Å². The minimum atomic E-state index is -0.745. The van der Waals surface area contributed by atoms with Crippen LogP contribution in [0.5, 0.6) is 0 Å². The van der Waals surface area contributed by atoms with E-state index in [9.17, 15) is 9.18 Å². The number of aromatic nitrogens is 1. The molecule has 0 atom stereocenters. The predicted molar refractivity (Wildman–Crippen MR) is 39.3 cm³/mol. The van der Waals surface area contributed by atoms with E-state index >= 15 is 0 Å². The molecule has 1 aromatic heterocycles. The third kappa shape index (κ3) is 1.11. The summed E-state index contributed by atoms with van der Waals surface area (Å²) >= 11 is 2.92. The van der Waals surface area contributed by atoms with Crippen molar-refractivity contribution in [2.75, 3.05) is 0 Å². The highest BCUT2D eigenvalue weighted by atomic mass is 79.9. The molecule has 0 amide bonds. The largest absolute Gasteiger partial charge is 0.343 e. The highest BCUT2D eigenvalue weighted by Gasteiger charge is 2.03. The molecule has 54 valence electrons. The summed E-state index contributed by atoms with van der Waals surface area (Å²) in [5, 5.41) is 0. The van der Waals surface area contributed by atoms with Gasteiger partial charge in [0.2, 0.25) is 11.2 Å². The zero-order chi connectivity index (χ0) is 7.72. The Labute approximate surface area is 65.4 Å². The number of halogens is 2. The quantitative estimate of drug-likeness (QED) is 0.586. The average molecular weight is 206 g/mol. The van der Waals surface area contributed by atoms with Crippen LogP contribution in [-0.2, 0) is 7.05 Å². The standard InChI is InChI=1S/C6H5BrFNO/c1-9-3-2-4(10)5(8)6(9)7/h2-3H,1H3. The normalized spacial score (nSPS) is 9.90. The Bertz CT molecular complexity index is 307. The van der Waals surface area contributed by atoms with Crippen molar-refractivity contribution in [1.29, 1.82) is 0 Å². The molecule has 0 aliphatic carbocycles. The van der Waals surface area contributed by atoms with Crippen LogP contribution in [0, 0.1) is 5.82 Å². The molecule has 0 fully saturated rings. The fourth-order valence-corrected chi connectivity index (χ4v) is 0.888. The average Bonchev–Trinajstić information content (AvgIpc) is 1.93. The van der Waals surface area contributed by atoms with E-state index in [1.807, 2.05) is 0 Å². The first-order chi connectivity index (χ1) is 4.63. The molecular formula is C6H5BrFNO. The minimum Gasteiger partial charge on any atom is -0.343 e. The molecule has 0 radical (unpaired) electrons. The second-order valence-corrected chi connectivity index (χ2v) is 2.65. The summed E-state index contributed by atoms with van der Waals surface area (Å²) in [6.45, 7) is 0. The Hall–Kier alpha value is -0.640. The first kappa shape index (κ1) is 7.47. The summed E-state index contributed by atoms with van der Waals surface area (Å²) in [4.78, 5) is 10.6. The van der Waals surface area contributed by atoms with Crippen molar-refractivity contribution in [3.63, 3.8) is 0 Å². The summed E-state index contributed by atoms with van der Waals surface area (Å²) in [5.41, 5.74) is -0.593. The van der Waals surface area contributed by atoms with Gasteiger partial charge in [-0.25, -0.2) is 0 Å². The fraction of sp³-hybridized carbons (Fsp3) is 0.167. The number of rotatable bonds is 0. The lowest BCUT2D eigenvalue weighted by atomic mass is 10.4. The van der Waals surface area contributed by atoms with Gasteiger partial charge >= 0.3 is 0 Å². The van der Waals surface area contributed by atoms with Crippen LogP contribution in [0.2, 0.25) is 0 Å². The van der Waals surface area contributed by atoms with Gasteiger partial charge in [0.25, 0.3) is 0 Å². The van der Waals surface area contributed by atoms with Gasteiger partial charge in [-0.2, -0.15) is 4.39 Å². The molecule has 0 unspecified atom stereocenters. The molecule has 0 N–H and O–H groups in total. The molecule has 0 saturated heterocycles. The maximum Gasteiger partial charge on any atom is 0.218 e. The van der Waals surface area contributed by atoms with Crippen molar-refractivity contribution < 1.29 is 4.39 Å². The van der Waals surface area contributed by atoms with Gasteiger partial charge in [0.05, 0.1) is 0 Å². The Morgan fingerprint density at radius 3 is 2.80 bits per heavy atom. The SMILES string of the molecule is Cn1ccc(=O)c(F)c1Br. The highest BCUT2D eigenvalue weighted by Crippen LogP contribution is 2.08. The molecule has 1 rings (SSSR count). The van der Waals surface area contributed by atoms with Crippen LogP contribution < -0.4 is 5.43 Å². The summed E-state index contributed by atoms with van der Waals surface area (Å²) in [5.74, 6) is -0.745. The van der Waals surface area contributed by atoms with Crippen LogP contribution in [0.4, 0.5) is 4.39 Å². The molecule has 0 aliphatic heterocycles. The second kappa shape index (κ2) is 2.54. The van der Waals surface area contributed by atoms with E-state index in [1.165, 1.54) is 16.8 Å². The van der Waals surface area contributed by atoms with E-state index in [0.717, 1.165) is 0 Å². The summed E-state index contributed by atoms with van der Waals surface area (Å²) in [7, 11) is 1.65. The number of pyridine rings is 1. The summed E-state index contributed by atoms with van der Waals surface area (Å²) in [6, 6.07) is 1.18. The predicted octanol–water partition coefficient (Wildman–Crippen LogP) is 1.29. The minimum absolute atomic E-state index is 0.181. The van der Waals surface area contributed by atoms with E-state index in [-0.39, 0.29) is 4.60 Å². The molecule has 0 aliphatic rings. The van der Waals surface area contributed by atoms with Crippen LogP contribution >= 0.6 is 15.9 Å². The summed E-state index contributed by atoms with van der Waals surface area (Å²) in [6.07, 6.45) is 1.50. The Morgan fingerprint density at radius 1 is 1.70 bits per heavy atom. The molecule has 0 bridgehead atoms. The molecule has 1 aromatic rings. The van der Waals surface area contributed by atoms with Gasteiger partial charge in [-0.15, -0.1) is 0 Å². The van der Waals surface area contributed by atoms with Crippen molar-refractivity contribution in [3.8, 4) is 0 Å². The molecule has 4 heteroatoms. The number of nitrogens with zero attached hydrogens (tertiary/aromatic N) is 1. The van der Waals surface area contributed by atoms with Crippen molar-refractivity contribution in [1.82, 2.24) is 4.57 Å². The lowest BCUT2D eigenvalue weighted by Gasteiger charge is -1.99. The third-order valence-corrected chi connectivity index (χ3v) is 2.06. The van der Waals surface area contributed by atoms with Crippen LogP contribution in [-0.4, -0.2) is 4.57 Å². The molecular weight excluding hydrogens is 201 g/mol. The zero-order valence-corrected chi connectivity index (χ0v) is 6.85. The maximum atomic E-state index is 12.6. The van der Waals surface area contributed by atoms with E-state index in [2.05, 4.69) is 15.9 Å². The zero-order valence-electron chi connectivity index (χ0n) is 5.27. The van der Waals surface area contributed by atoms with Crippen molar-refractivity contribution in [3.05, 3.63) is 32.9 Å². The molecule has 0 aromatic carbocycles. The third-order valence-electron chi connectivity index (χ3n) is 1.16. The molecule has 2 nitrogen and oxygen atoms in total. The molecule has 10 heavy (non-hydrogen) atoms. The van der Waals surface area contributed by atoms with Crippen LogP contribution in [0.3, 0.4) is 0 Å². The van der Waals surface area contributed by atoms with Crippen LogP contribution in [0.1, 0.15) is 0 Å². The molecule has 0 saturated carbocycles. The van der Waals surface area contributed by atoms with E-state index in [0.29, 0.717) is 0 Å². The Morgan fingerprint density at radius 2 is 2.30 bits per heavy atom. The molecule has 1 heterocycles. The lowest BCUT2D eigenvalue weighted by Crippen LogP contribution is -2.09. The van der Waals surface area contributed by atoms with Gasteiger partial charge in [-0.05, 0) is 15.9 Å². The monoisotopic (exact) mass is 205 g/mol. The number of hydrogen-bond donors (Lipinski definition) is 0. The number of hydrogen-bond acceptors (Lipinski definition) is 1. The summed E-state index contributed by atoms with van der Waals surface area (Å²) < 4.78 is 14.3. The van der Waals surface area contributed by atoms with Gasteiger partial charge in [0.1, 0.15) is 4.60 Å². The van der Waals surface area contributed by atoms with E-state index < -0.39 is 11.2 Å². The van der Waals surface area contributed by atoms with Crippen LogP contribution in [0.15, 0.2) is 21.7 Å². The second-order valence-electron chi connectivity index (χ2n) is 1.90. The van der Waals surface area contributed by atoms with Gasteiger partial charge < -0.3 is 4.57 Å². The van der Waals surface area contributed by atoms with Gasteiger partial charge in [-0.1, -0.05) is 0 Å². The fourth-order valence-electron chi connectivity index (χ4n) is 0.575. The van der Waals surface area contributed by atoms with Crippen molar-refractivity contribution in [2.24, 2.45) is 7.05 Å². The first-order valence-electron chi connectivity index (χ1n) is 2.63. The van der Waals surface area contributed by atoms with E-state index in [1.54, 1.807) is 7.05 Å². The topological polar surface area (TPSA) is 22.0 Å². The highest BCUT2D eigenvalue weighted by molar-refractivity contribution is 9.10. The molecule has 0 spiro atoms. The van der Waals surface area contributed by atoms with Gasteiger partial charge in [0.15, 0.2) is 0 Å². The Kier molecular flexibility index (Phi) is 1.89. The number of aryl methyl sites for hydroxylation is 1. The lowest BCUT2D eigenvalue weighted by molar-refractivity contribution is 0.586.